The summed E-state index contributed by atoms with van der Waals surface area (Å²) >= 11 is 0. The molecular weight excluding hydrogens is 328 g/mol. The average Bonchev–Trinajstić information content (AvgIpc) is 3.29. The van der Waals surface area contributed by atoms with Crippen LogP contribution in [0.25, 0.3) is 5.65 Å². The van der Waals surface area contributed by atoms with Gasteiger partial charge < -0.3 is 19.8 Å². The number of carbonyl (C=O) groups excluding carboxylic acids is 1. The molecule has 1 aromatic carbocycles. The Hall–Kier alpha value is -2.86. The van der Waals surface area contributed by atoms with Crippen molar-refractivity contribution in [3.63, 3.8) is 0 Å². The molecule has 0 saturated carbocycles. The molecule has 0 radical (unpaired) electrons. The van der Waals surface area contributed by atoms with Crippen molar-refractivity contribution in [2.75, 3.05) is 13.1 Å². The highest BCUT2D eigenvalue weighted by Crippen LogP contribution is 2.16. The van der Waals surface area contributed by atoms with E-state index in [1.807, 2.05) is 48.0 Å². The van der Waals surface area contributed by atoms with Gasteiger partial charge >= 0.3 is 0 Å². The second kappa shape index (κ2) is 7.17. The highest BCUT2D eigenvalue weighted by Gasteiger charge is 2.17. The second-order valence-corrected chi connectivity index (χ2v) is 6.68. The van der Waals surface area contributed by atoms with Gasteiger partial charge in [-0.1, -0.05) is 12.1 Å². The maximum absolute atomic E-state index is 12.4. The van der Waals surface area contributed by atoms with Crippen LogP contribution < -0.4 is 15.4 Å². The van der Waals surface area contributed by atoms with Crippen LogP contribution in [0.5, 0.6) is 5.75 Å². The Morgan fingerprint density at radius 2 is 2.27 bits per heavy atom. The number of rotatable bonds is 5. The van der Waals surface area contributed by atoms with E-state index in [1.54, 1.807) is 12.1 Å². The fourth-order valence-corrected chi connectivity index (χ4v) is 3.16. The maximum atomic E-state index is 12.4. The van der Waals surface area contributed by atoms with Crippen LogP contribution in [0.15, 0.2) is 48.8 Å². The van der Waals surface area contributed by atoms with Crippen molar-refractivity contribution < 1.29 is 9.53 Å². The molecule has 0 bridgehead atoms. The Balaban J connectivity index is 1.41. The topological polar surface area (TPSA) is 67.7 Å². The Morgan fingerprint density at radius 1 is 1.35 bits per heavy atom. The van der Waals surface area contributed by atoms with Crippen molar-refractivity contribution in [1.82, 2.24) is 20.0 Å². The number of nitrogens with zero attached hydrogens (tertiary/aromatic N) is 2. The molecule has 1 unspecified atom stereocenters. The predicted octanol–water partition coefficient (Wildman–Crippen LogP) is 2.31. The normalized spacial score (nSPS) is 16.7. The molecule has 26 heavy (non-hydrogen) atoms. The largest absolute Gasteiger partial charge is 0.487 e. The summed E-state index contributed by atoms with van der Waals surface area (Å²) in [6.07, 6.45) is 4.97. The molecule has 6 nitrogen and oxygen atoms in total. The molecular formula is C20H22N4O2. The number of carbonyl (C=O) groups is 1. The first-order chi connectivity index (χ1) is 12.7. The van der Waals surface area contributed by atoms with Crippen LogP contribution in [0.4, 0.5) is 0 Å². The molecule has 4 rings (SSSR count). The zero-order valence-electron chi connectivity index (χ0n) is 14.7. The molecule has 1 aliphatic rings. The number of aryl methyl sites for hydroxylation is 1. The van der Waals surface area contributed by atoms with Crippen LogP contribution >= 0.6 is 0 Å². The first kappa shape index (κ1) is 16.6. The van der Waals surface area contributed by atoms with Crippen LogP contribution in [0.1, 0.15) is 28.0 Å². The van der Waals surface area contributed by atoms with E-state index in [-0.39, 0.29) is 11.9 Å². The molecule has 1 amide bonds. The van der Waals surface area contributed by atoms with Crippen molar-refractivity contribution in [2.24, 2.45) is 0 Å². The summed E-state index contributed by atoms with van der Waals surface area (Å²) in [5.41, 5.74) is 3.54. The van der Waals surface area contributed by atoms with E-state index >= 15 is 0 Å². The lowest BCUT2D eigenvalue weighted by molar-refractivity contribution is 0.0939. The summed E-state index contributed by atoms with van der Waals surface area (Å²) in [5.74, 6) is 0.600. The number of fused-ring (bicyclic) bond motifs is 1. The van der Waals surface area contributed by atoms with Crippen LogP contribution in [-0.4, -0.2) is 34.4 Å². The third-order valence-corrected chi connectivity index (χ3v) is 4.53. The number of nitrogens with one attached hydrogen (secondary N) is 2. The van der Waals surface area contributed by atoms with Gasteiger partial charge in [-0.3, -0.25) is 4.79 Å². The highest BCUT2D eigenvalue weighted by atomic mass is 16.5. The first-order valence-electron chi connectivity index (χ1n) is 8.86. The molecule has 134 valence electrons. The van der Waals surface area contributed by atoms with E-state index in [0.29, 0.717) is 17.9 Å². The van der Waals surface area contributed by atoms with Gasteiger partial charge in [-0.25, -0.2) is 4.98 Å². The summed E-state index contributed by atoms with van der Waals surface area (Å²) < 4.78 is 7.84. The summed E-state index contributed by atoms with van der Waals surface area (Å²) in [6.45, 7) is 4.19. The summed E-state index contributed by atoms with van der Waals surface area (Å²) in [4.78, 5) is 16.9. The molecule has 6 heteroatoms. The molecule has 2 N–H and O–H groups in total. The Morgan fingerprint density at radius 3 is 3.12 bits per heavy atom. The van der Waals surface area contributed by atoms with Gasteiger partial charge in [0.15, 0.2) is 0 Å². The monoisotopic (exact) mass is 350 g/mol. The van der Waals surface area contributed by atoms with Gasteiger partial charge in [-0.2, -0.15) is 0 Å². The number of hydrogen-bond acceptors (Lipinski definition) is 4. The lowest BCUT2D eigenvalue weighted by atomic mass is 10.1. The number of imidazole rings is 1. The zero-order chi connectivity index (χ0) is 17.9. The average molecular weight is 350 g/mol. The van der Waals surface area contributed by atoms with Gasteiger partial charge in [0.25, 0.3) is 5.91 Å². The molecule has 0 spiro atoms. The highest BCUT2D eigenvalue weighted by molar-refractivity contribution is 5.94. The molecule has 2 aromatic heterocycles. The van der Waals surface area contributed by atoms with Crippen LogP contribution in [0.2, 0.25) is 0 Å². The van der Waals surface area contributed by atoms with Gasteiger partial charge in [-0.15, -0.1) is 0 Å². The van der Waals surface area contributed by atoms with Crippen molar-refractivity contribution in [3.8, 4) is 5.75 Å². The Labute approximate surface area is 152 Å². The van der Waals surface area contributed by atoms with Crippen LogP contribution in [0.3, 0.4) is 0 Å². The lowest BCUT2D eigenvalue weighted by Gasteiger charge is -2.12. The fourth-order valence-electron chi connectivity index (χ4n) is 3.16. The van der Waals surface area contributed by atoms with E-state index in [1.165, 1.54) is 5.56 Å². The SMILES string of the molecule is Cc1ccc2nc(COc3cccc(C(=O)NC4CCNC4)c3)cn2c1. The van der Waals surface area contributed by atoms with E-state index < -0.39 is 0 Å². The molecule has 1 saturated heterocycles. The summed E-state index contributed by atoms with van der Waals surface area (Å²) in [6, 6.07) is 11.5. The van der Waals surface area contributed by atoms with Crippen LogP contribution in [-0.2, 0) is 6.61 Å². The van der Waals surface area contributed by atoms with E-state index in [9.17, 15) is 4.79 Å². The predicted molar refractivity (Wildman–Crippen MR) is 99.4 cm³/mol. The molecule has 1 aliphatic heterocycles. The third kappa shape index (κ3) is 3.70. The smallest absolute Gasteiger partial charge is 0.251 e. The number of hydrogen-bond donors (Lipinski definition) is 2. The Bertz CT molecular complexity index is 928. The van der Waals surface area contributed by atoms with Crippen LogP contribution in [0, 0.1) is 6.92 Å². The van der Waals surface area contributed by atoms with Crippen molar-refractivity contribution >= 4 is 11.6 Å². The quantitative estimate of drug-likeness (QED) is 0.741. The fraction of sp³-hybridized carbons (Fsp3) is 0.300. The van der Waals surface area contributed by atoms with E-state index in [4.69, 9.17) is 4.74 Å². The first-order valence-corrected chi connectivity index (χ1v) is 8.86. The molecule has 1 fully saturated rings. The molecule has 1 atom stereocenters. The standard InChI is InChI=1S/C20H22N4O2/c1-14-5-6-19-22-17(12-24(19)11-14)13-26-18-4-2-3-15(9-18)20(25)23-16-7-8-21-10-16/h2-6,9,11-12,16,21H,7-8,10,13H2,1H3,(H,23,25). The van der Waals surface area contributed by atoms with Crippen molar-refractivity contribution in [2.45, 2.75) is 26.0 Å². The van der Waals surface area contributed by atoms with E-state index in [0.717, 1.165) is 30.9 Å². The van der Waals surface area contributed by atoms with Gasteiger partial charge in [0, 0.05) is 30.5 Å². The Kier molecular flexibility index (Phi) is 4.58. The molecule has 3 aromatic rings. The van der Waals surface area contributed by atoms with Gasteiger partial charge in [-0.05, 0) is 49.7 Å². The number of pyridine rings is 1. The molecule has 0 aliphatic carbocycles. The van der Waals surface area contributed by atoms with Gasteiger partial charge in [0.1, 0.15) is 18.0 Å². The minimum absolute atomic E-state index is 0.0626. The molecule has 3 heterocycles. The van der Waals surface area contributed by atoms with Gasteiger partial charge in [0.05, 0.1) is 5.69 Å². The second-order valence-electron chi connectivity index (χ2n) is 6.68. The lowest BCUT2D eigenvalue weighted by Crippen LogP contribution is -2.36. The maximum Gasteiger partial charge on any atom is 0.251 e. The zero-order valence-corrected chi connectivity index (χ0v) is 14.7. The van der Waals surface area contributed by atoms with Crippen molar-refractivity contribution in [3.05, 3.63) is 65.6 Å². The van der Waals surface area contributed by atoms with Crippen molar-refractivity contribution in [1.29, 1.82) is 0 Å². The number of aromatic nitrogens is 2. The number of benzene rings is 1. The minimum atomic E-state index is -0.0626. The van der Waals surface area contributed by atoms with Gasteiger partial charge in [0.2, 0.25) is 0 Å². The summed E-state index contributed by atoms with van der Waals surface area (Å²) in [5, 5.41) is 6.29. The number of ether oxygens (including phenoxy) is 1. The number of amides is 1. The van der Waals surface area contributed by atoms with E-state index in [2.05, 4.69) is 15.6 Å². The summed E-state index contributed by atoms with van der Waals surface area (Å²) in [7, 11) is 0. The minimum Gasteiger partial charge on any atom is -0.487 e. The third-order valence-electron chi connectivity index (χ3n) is 4.53.